The highest BCUT2D eigenvalue weighted by atomic mass is 32.1. The molecule has 4 rings (SSSR count). The van der Waals surface area contributed by atoms with Crippen molar-refractivity contribution in [3.8, 4) is 5.75 Å². The minimum atomic E-state index is 0.0653. The van der Waals surface area contributed by atoms with Crippen LogP contribution < -0.4 is 4.74 Å². The molecule has 0 spiro atoms. The van der Waals surface area contributed by atoms with Gasteiger partial charge in [0.1, 0.15) is 10.8 Å². The predicted molar refractivity (Wildman–Crippen MR) is 103 cm³/mol. The topological polar surface area (TPSA) is 45.7 Å². The maximum atomic E-state index is 12.4. The molecular weight excluding hydrogens is 346 g/mol. The summed E-state index contributed by atoms with van der Waals surface area (Å²) in [4.78, 5) is 21.4. The fourth-order valence-corrected chi connectivity index (χ4v) is 4.10. The van der Waals surface area contributed by atoms with E-state index in [1.54, 1.807) is 11.3 Å². The summed E-state index contributed by atoms with van der Waals surface area (Å²) in [7, 11) is 0. The number of amides is 1. The van der Waals surface area contributed by atoms with Crippen LogP contribution in [-0.4, -0.2) is 53.5 Å². The van der Waals surface area contributed by atoms with Gasteiger partial charge in [0.25, 0.3) is 5.91 Å². The van der Waals surface area contributed by atoms with Crippen molar-refractivity contribution in [2.75, 3.05) is 32.8 Å². The van der Waals surface area contributed by atoms with Gasteiger partial charge in [0.2, 0.25) is 0 Å². The second kappa shape index (κ2) is 7.76. The van der Waals surface area contributed by atoms with E-state index in [0.717, 1.165) is 44.4 Å². The van der Waals surface area contributed by atoms with Gasteiger partial charge in [-0.15, -0.1) is 11.3 Å². The number of rotatable bonds is 6. The molecule has 1 aliphatic carbocycles. The first-order chi connectivity index (χ1) is 12.7. The van der Waals surface area contributed by atoms with Crippen molar-refractivity contribution in [2.24, 2.45) is 0 Å². The third-order valence-corrected chi connectivity index (χ3v) is 5.88. The van der Waals surface area contributed by atoms with E-state index in [-0.39, 0.29) is 12.5 Å². The molecule has 1 aliphatic heterocycles. The Morgan fingerprint density at radius 3 is 2.62 bits per heavy atom. The molecule has 5 nitrogen and oxygen atoms in total. The fraction of sp³-hybridized carbons (Fsp3) is 0.500. The molecule has 0 bridgehead atoms. The first-order valence-electron chi connectivity index (χ1n) is 9.31. The van der Waals surface area contributed by atoms with E-state index in [1.165, 1.54) is 29.1 Å². The summed E-state index contributed by atoms with van der Waals surface area (Å²) in [6, 6.07) is 7.80. The highest BCUT2D eigenvalue weighted by Gasteiger charge is 2.27. The Bertz CT molecular complexity index is 747. The molecule has 0 unspecified atom stereocenters. The second-order valence-corrected chi connectivity index (χ2v) is 8.14. The summed E-state index contributed by atoms with van der Waals surface area (Å²) >= 11 is 1.77. The van der Waals surface area contributed by atoms with Gasteiger partial charge < -0.3 is 9.64 Å². The van der Waals surface area contributed by atoms with Gasteiger partial charge in [-0.25, -0.2) is 4.98 Å². The zero-order chi connectivity index (χ0) is 17.9. The van der Waals surface area contributed by atoms with E-state index in [0.29, 0.717) is 0 Å². The van der Waals surface area contributed by atoms with Gasteiger partial charge in [0.05, 0.1) is 12.2 Å². The molecule has 2 aliphatic rings. The zero-order valence-electron chi connectivity index (χ0n) is 15.2. The Morgan fingerprint density at radius 1 is 1.19 bits per heavy atom. The standard InChI is InChI=1S/C20H25N3O2S/c1-15-2-6-17(7-3-15)25-13-20(24)23-10-8-22(9-11-23)12-19-21-18(14-26-19)16-4-5-16/h2-3,6-7,14,16H,4-5,8-13H2,1H3. The highest BCUT2D eigenvalue weighted by molar-refractivity contribution is 7.09. The van der Waals surface area contributed by atoms with Crippen LogP contribution in [0.25, 0.3) is 0 Å². The molecule has 0 N–H and O–H groups in total. The third-order valence-electron chi connectivity index (χ3n) is 5.03. The molecule has 2 heterocycles. The molecule has 0 atom stereocenters. The van der Waals surface area contributed by atoms with Crippen molar-refractivity contribution >= 4 is 17.2 Å². The number of aromatic nitrogens is 1. The molecule has 1 aromatic carbocycles. The maximum Gasteiger partial charge on any atom is 0.260 e. The Morgan fingerprint density at radius 2 is 1.92 bits per heavy atom. The van der Waals surface area contributed by atoms with Crippen molar-refractivity contribution < 1.29 is 9.53 Å². The Labute approximate surface area is 158 Å². The first kappa shape index (κ1) is 17.5. The third kappa shape index (κ3) is 4.43. The number of benzene rings is 1. The predicted octanol–water partition coefficient (Wildman–Crippen LogP) is 3.05. The first-order valence-corrected chi connectivity index (χ1v) is 10.2. The molecule has 1 aromatic heterocycles. The van der Waals surface area contributed by atoms with Gasteiger partial charge in [-0.1, -0.05) is 17.7 Å². The minimum absolute atomic E-state index is 0.0653. The molecule has 0 radical (unpaired) electrons. The number of hydrogen-bond acceptors (Lipinski definition) is 5. The molecule has 2 aromatic rings. The molecule has 2 fully saturated rings. The molecule has 138 valence electrons. The number of ether oxygens (including phenoxy) is 1. The van der Waals surface area contributed by atoms with E-state index in [9.17, 15) is 4.79 Å². The van der Waals surface area contributed by atoms with Gasteiger partial charge in [-0.3, -0.25) is 9.69 Å². The van der Waals surface area contributed by atoms with Gasteiger partial charge in [-0.2, -0.15) is 0 Å². The van der Waals surface area contributed by atoms with Crippen LogP contribution >= 0.6 is 11.3 Å². The van der Waals surface area contributed by atoms with Crippen molar-refractivity contribution in [1.82, 2.24) is 14.8 Å². The van der Waals surface area contributed by atoms with Crippen LogP contribution in [0.5, 0.6) is 5.75 Å². The Kier molecular flexibility index (Phi) is 5.22. The van der Waals surface area contributed by atoms with Crippen LogP contribution in [0.1, 0.15) is 35.0 Å². The Hall–Kier alpha value is -1.92. The van der Waals surface area contributed by atoms with Crippen molar-refractivity contribution in [2.45, 2.75) is 32.2 Å². The fourth-order valence-electron chi connectivity index (χ4n) is 3.18. The normalized spacial score (nSPS) is 18.1. The number of carbonyl (C=O) groups is 1. The summed E-state index contributed by atoms with van der Waals surface area (Å²) in [5, 5.41) is 3.42. The minimum Gasteiger partial charge on any atom is -0.484 e. The highest BCUT2D eigenvalue weighted by Crippen LogP contribution is 2.40. The van der Waals surface area contributed by atoms with Gasteiger partial charge >= 0.3 is 0 Å². The summed E-state index contributed by atoms with van der Waals surface area (Å²) in [6.07, 6.45) is 2.60. The van der Waals surface area contributed by atoms with E-state index >= 15 is 0 Å². The van der Waals surface area contributed by atoms with Gasteiger partial charge in [0.15, 0.2) is 6.61 Å². The smallest absolute Gasteiger partial charge is 0.260 e. The van der Waals surface area contributed by atoms with E-state index in [2.05, 4.69) is 10.3 Å². The lowest BCUT2D eigenvalue weighted by atomic mass is 10.2. The van der Waals surface area contributed by atoms with Gasteiger partial charge in [0, 0.05) is 37.5 Å². The number of nitrogens with zero attached hydrogens (tertiary/aromatic N) is 3. The van der Waals surface area contributed by atoms with Crippen LogP contribution in [0, 0.1) is 6.92 Å². The van der Waals surface area contributed by atoms with Crippen molar-refractivity contribution in [3.63, 3.8) is 0 Å². The molecule has 26 heavy (non-hydrogen) atoms. The van der Waals surface area contributed by atoms with Crippen molar-refractivity contribution in [1.29, 1.82) is 0 Å². The van der Waals surface area contributed by atoms with Crippen LogP contribution in [-0.2, 0) is 11.3 Å². The van der Waals surface area contributed by atoms with Gasteiger partial charge in [-0.05, 0) is 31.9 Å². The molecule has 1 saturated heterocycles. The lowest BCUT2D eigenvalue weighted by molar-refractivity contribution is -0.135. The lowest BCUT2D eigenvalue weighted by Crippen LogP contribution is -2.49. The van der Waals surface area contributed by atoms with Crippen LogP contribution in [0.2, 0.25) is 0 Å². The number of aryl methyl sites for hydroxylation is 1. The Balaban J connectivity index is 1.21. The molecular formula is C20H25N3O2S. The van der Waals surface area contributed by atoms with E-state index < -0.39 is 0 Å². The summed E-state index contributed by atoms with van der Waals surface area (Å²) in [6.45, 7) is 6.36. The zero-order valence-corrected chi connectivity index (χ0v) is 16.0. The second-order valence-electron chi connectivity index (χ2n) is 7.20. The van der Waals surface area contributed by atoms with Crippen molar-refractivity contribution in [3.05, 3.63) is 45.9 Å². The number of carbonyl (C=O) groups excluding carboxylic acids is 1. The number of hydrogen-bond donors (Lipinski definition) is 0. The van der Waals surface area contributed by atoms with E-state index in [1.807, 2.05) is 36.1 Å². The van der Waals surface area contributed by atoms with Crippen LogP contribution in [0.15, 0.2) is 29.6 Å². The SMILES string of the molecule is Cc1ccc(OCC(=O)N2CCN(Cc3nc(C4CC4)cs3)CC2)cc1. The summed E-state index contributed by atoms with van der Waals surface area (Å²) in [5.41, 5.74) is 2.47. The molecule has 1 amide bonds. The summed E-state index contributed by atoms with van der Waals surface area (Å²) in [5.74, 6) is 1.54. The maximum absolute atomic E-state index is 12.4. The monoisotopic (exact) mass is 371 g/mol. The lowest BCUT2D eigenvalue weighted by Gasteiger charge is -2.34. The molecule has 6 heteroatoms. The van der Waals surface area contributed by atoms with Crippen LogP contribution in [0.3, 0.4) is 0 Å². The quantitative estimate of drug-likeness (QED) is 0.783. The number of thiazole rings is 1. The number of piperazine rings is 1. The summed E-state index contributed by atoms with van der Waals surface area (Å²) < 4.78 is 5.62. The van der Waals surface area contributed by atoms with E-state index in [4.69, 9.17) is 9.72 Å². The largest absolute Gasteiger partial charge is 0.484 e. The average molecular weight is 372 g/mol. The molecule has 1 saturated carbocycles. The average Bonchev–Trinajstić information content (AvgIpc) is 3.41. The van der Waals surface area contributed by atoms with Crippen LogP contribution in [0.4, 0.5) is 0 Å².